The van der Waals surface area contributed by atoms with E-state index >= 15 is 0 Å². The predicted octanol–water partition coefficient (Wildman–Crippen LogP) is 1.40. The van der Waals surface area contributed by atoms with Crippen molar-refractivity contribution < 1.29 is 4.79 Å². The number of aliphatic imine (C=N–C) groups is 1. The maximum Gasteiger partial charge on any atom is 0.247 e. The summed E-state index contributed by atoms with van der Waals surface area (Å²) in [5.74, 6) is 0.650. The highest BCUT2D eigenvalue weighted by Gasteiger charge is 2.24. The summed E-state index contributed by atoms with van der Waals surface area (Å²) in [6.45, 7) is 9.55. The molecule has 0 bridgehead atoms. The molecule has 0 aromatic carbocycles. The topological polar surface area (TPSA) is 58.7 Å². The van der Waals surface area contributed by atoms with E-state index in [0.717, 1.165) is 25.9 Å². The minimum absolute atomic E-state index is 0.102. The van der Waals surface area contributed by atoms with Crippen molar-refractivity contribution in [3.8, 4) is 0 Å². The number of carbonyl (C=O) groups is 1. The van der Waals surface area contributed by atoms with Crippen molar-refractivity contribution in [1.82, 2.24) is 4.90 Å². The molecule has 1 atom stereocenters. The third-order valence-corrected chi connectivity index (χ3v) is 2.88. The lowest BCUT2D eigenvalue weighted by Gasteiger charge is -2.22. The van der Waals surface area contributed by atoms with Crippen molar-refractivity contribution >= 4 is 11.7 Å². The lowest BCUT2D eigenvalue weighted by molar-refractivity contribution is -0.131. The smallest absolute Gasteiger partial charge is 0.247 e. The van der Waals surface area contributed by atoms with Crippen molar-refractivity contribution in [3.05, 3.63) is 0 Å². The summed E-state index contributed by atoms with van der Waals surface area (Å²) in [5, 5.41) is 0. The third kappa shape index (κ3) is 3.22. The van der Waals surface area contributed by atoms with Crippen LogP contribution in [-0.2, 0) is 4.79 Å². The zero-order valence-electron chi connectivity index (χ0n) is 10.8. The zero-order chi connectivity index (χ0) is 12.3. The molecule has 0 radical (unpaired) electrons. The van der Waals surface area contributed by atoms with E-state index in [4.69, 9.17) is 5.73 Å². The Balaban J connectivity index is 2.64. The van der Waals surface area contributed by atoms with Gasteiger partial charge >= 0.3 is 0 Å². The summed E-state index contributed by atoms with van der Waals surface area (Å²) in [6.07, 6.45) is 2.22. The summed E-state index contributed by atoms with van der Waals surface area (Å²) in [5.41, 5.74) is 5.70. The van der Waals surface area contributed by atoms with Gasteiger partial charge < -0.3 is 10.6 Å². The SMILES string of the molecule is CC(N=C(N)C(C)(C)C)C(=O)N1CCCC1. The van der Waals surface area contributed by atoms with Crippen LogP contribution >= 0.6 is 0 Å². The number of carbonyl (C=O) groups excluding carboxylic acids is 1. The lowest BCUT2D eigenvalue weighted by Crippen LogP contribution is -2.38. The summed E-state index contributed by atoms with van der Waals surface area (Å²) in [6, 6.07) is -0.350. The molecule has 1 saturated heterocycles. The van der Waals surface area contributed by atoms with Gasteiger partial charge in [0.05, 0.1) is 0 Å². The number of rotatable bonds is 2. The average Bonchev–Trinajstić information content (AvgIpc) is 2.67. The van der Waals surface area contributed by atoms with Crippen LogP contribution in [0.1, 0.15) is 40.5 Å². The molecule has 0 saturated carbocycles. The van der Waals surface area contributed by atoms with Gasteiger partial charge in [0.2, 0.25) is 5.91 Å². The molecule has 1 amide bonds. The molecule has 1 heterocycles. The van der Waals surface area contributed by atoms with Gasteiger partial charge in [0.1, 0.15) is 11.9 Å². The van der Waals surface area contributed by atoms with Gasteiger partial charge in [0.15, 0.2) is 0 Å². The number of amides is 1. The maximum atomic E-state index is 12.0. The lowest BCUT2D eigenvalue weighted by atomic mass is 9.95. The van der Waals surface area contributed by atoms with Crippen LogP contribution in [0.15, 0.2) is 4.99 Å². The first-order valence-corrected chi connectivity index (χ1v) is 5.95. The maximum absolute atomic E-state index is 12.0. The first kappa shape index (κ1) is 13.0. The normalized spacial score (nSPS) is 20.0. The van der Waals surface area contributed by atoms with Crippen LogP contribution in [0.5, 0.6) is 0 Å². The first-order chi connectivity index (χ1) is 7.32. The van der Waals surface area contributed by atoms with Gasteiger partial charge in [-0.15, -0.1) is 0 Å². The number of likely N-dealkylation sites (tertiary alicyclic amines) is 1. The van der Waals surface area contributed by atoms with E-state index in [1.807, 2.05) is 32.6 Å². The number of hydrogen-bond acceptors (Lipinski definition) is 2. The summed E-state index contributed by atoms with van der Waals surface area (Å²) < 4.78 is 0. The Hall–Kier alpha value is -1.06. The fourth-order valence-corrected chi connectivity index (χ4v) is 1.66. The second kappa shape index (κ2) is 4.85. The number of amidine groups is 1. The van der Waals surface area contributed by atoms with E-state index in [0.29, 0.717) is 5.84 Å². The molecule has 2 N–H and O–H groups in total. The molecule has 0 aromatic rings. The molecule has 4 heteroatoms. The standard InChI is InChI=1S/C12H23N3O/c1-9(14-11(13)12(2,3)4)10(16)15-7-5-6-8-15/h9H,5-8H2,1-4H3,(H2,13,14). The molecule has 0 spiro atoms. The molecule has 0 aromatic heterocycles. The van der Waals surface area contributed by atoms with Crippen LogP contribution in [0.4, 0.5) is 0 Å². The molecule has 0 aliphatic carbocycles. The van der Waals surface area contributed by atoms with Crippen molar-refractivity contribution in [3.63, 3.8) is 0 Å². The van der Waals surface area contributed by atoms with Gasteiger partial charge in [0.25, 0.3) is 0 Å². The van der Waals surface area contributed by atoms with E-state index in [-0.39, 0.29) is 17.4 Å². The summed E-state index contributed by atoms with van der Waals surface area (Å²) >= 11 is 0. The second-order valence-electron chi connectivity index (χ2n) is 5.47. The molecule has 1 unspecified atom stereocenters. The van der Waals surface area contributed by atoms with Gasteiger partial charge in [-0.3, -0.25) is 9.79 Å². The highest BCUT2D eigenvalue weighted by atomic mass is 16.2. The molecule has 16 heavy (non-hydrogen) atoms. The number of nitrogens with zero attached hydrogens (tertiary/aromatic N) is 2. The molecule has 92 valence electrons. The van der Waals surface area contributed by atoms with E-state index in [1.165, 1.54) is 0 Å². The van der Waals surface area contributed by atoms with Crippen LogP contribution in [0.2, 0.25) is 0 Å². The van der Waals surface area contributed by atoms with Gasteiger partial charge in [-0.1, -0.05) is 20.8 Å². The Morgan fingerprint density at radius 3 is 2.25 bits per heavy atom. The fraction of sp³-hybridized carbons (Fsp3) is 0.833. The summed E-state index contributed by atoms with van der Waals surface area (Å²) in [4.78, 5) is 18.1. The highest BCUT2D eigenvalue weighted by molar-refractivity contribution is 5.90. The van der Waals surface area contributed by atoms with E-state index in [9.17, 15) is 4.79 Å². The Morgan fingerprint density at radius 2 is 1.81 bits per heavy atom. The zero-order valence-corrected chi connectivity index (χ0v) is 10.8. The van der Waals surface area contributed by atoms with Gasteiger partial charge in [-0.2, -0.15) is 0 Å². The minimum Gasteiger partial charge on any atom is -0.387 e. The average molecular weight is 225 g/mol. The number of nitrogens with two attached hydrogens (primary N) is 1. The van der Waals surface area contributed by atoms with Crippen LogP contribution in [0.25, 0.3) is 0 Å². The molecular weight excluding hydrogens is 202 g/mol. The Bertz CT molecular complexity index is 285. The van der Waals surface area contributed by atoms with Gasteiger partial charge in [-0.25, -0.2) is 0 Å². The third-order valence-electron chi connectivity index (χ3n) is 2.88. The molecule has 4 nitrogen and oxygen atoms in total. The van der Waals surface area contributed by atoms with Crippen molar-refractivity contribution in [2.75, 3.05) is 13.1 Å². The van der Waals surface area contributed by atoms with Gasteiger partial charge in [-0.05, 0) is 19.8 Å². The number of hydrogen-bond donors (Lipinski definition) is 1. The van der Waals surface area contributed by atoms with E-state index < -0.39 is 0 Å². The van der Waals surface area contributed by atoms with Crippen LogP contribution in [0.3, 0.4) is 0 Å². The van der Waals surface area contributed by atoms with Crippen LogP contribution in [-0.4, -0.2) is 35.8 Å². The predicted molar refractivity (Wildman–Crippen MR) is 66.4 cm³/mol. The van der Waals surface area contributed by atoms with E-state index in [1.54, 1.807) is 0 Å². The molecular formula is C12H23N3O. The first-order valence-electron chi connectivity index (χ1n) is 5.95. The molecule has 1 rings (SSSR count). The molecule has 1 aliphatic heterocycles. The largest absolute Gasteiger partial charge is 0.387 e. The monoisotopic (exact) mass is 225 g/mol. The minimum atomic E-state index is -0.350. The Morgan fingerprint density at radius 1 is 1.31 bits per heavy atom. The van der Waals surface area contributed by atoms with E-state index in [2.05, 4.69) is 4.99 Å². The summed E-state index contributed by atoms with van der Waals surface area (Å²) in [7, 11) is 0. The highest BCUT2D eigenvalue weighted by Crippen LogP contribution is 2.15. The fourth-order valence-electron chi connectivity index (χ4n) is 1.66. The molecule has 1 aliphatic rings. The second-order valence-corrected chi connectivity index (χ2v) is 5.47. The quantitative estimate of drug-likeness (QED) is 0.570. The van der Waals surface area contributed by atoms with Crippen molar-refractivity contribution in [1.29, 1.82) is 0 Å². The Labute approximate surface area is 97.9 Å². The van der Waals surface area contributed by atoms with Crippen LogP contribution in [0, 0.1) is 5.41 Å². The Kier molecular flexibility index (Phi) is 3.94. The van der Waals surface area contributed by atoms with Crippen LogP contribution < -0.4 is 5.73 Å². The van der Waals surface area contributed by atoms with Gasteiger partial charge in [0, 0.05) is 18.5 Å². The van der Waals surface area contributed by atoms with Crippen molar-refractivity contribution in [2.24, 2.45) is 16.1 Å². The molecule has 1 fully saturated rings. The van der Waals surface area contributed by atoms with Crippen molar-refractivity contribution in [2.45, 2.75) is 46.6 Å².